The van der Waals surface area contributed by atoms with E-state index in [2.05, 4.69) is 30.1 Å². The first-order valence-electron chi connectivity index (χ1n) is 7.91. The molecule has 110 valence electrons. The molecule has 1 aromatic carbocycles. The Morgan fingerprint density at radius 3 is 2.75 bits per heavy atom. The average Bonchev–Trinajstić information content (AvgIpc) is 3.11. The van der Waals surface area contributed by atoms with Crippen molar-refractivity contribution in [3.8, 4) is 0 Å². The highest BCUT2D eigenvalue weighted by Crippen LogP contribution is 2.32. The van der Waals surface area contributed by atoms with Gasteiger partial charge in [0.25, 0.3) is 0 Å². The van der Waals surface area contributed by atoms with E-state index in [-0.39, 0.29) is 5.82 Å². The van der Waals surface area contributed by atoms with Crippen LogP contribution in [0.3, 0.4) is 0 Å². The molecule has 1 aliphatic heterocycles. The van der Waals surface area contributed by atoms with Gasteiger partial charge in [-0.05, 0) is 43.2 Å². The van der Waals surface area contributed by atoms with Crippen LogP contribution in [0.2, 0.25) is 0 Å². The van der Waals surface area contributed by atoms with E-state index in [0.29, 0.717) is 18.5 Å². The molecule has 1 saturated carbocycles. The number of nitrogens with zero attached hydrogens (tertiary/aromatic N) is 1. The van der Waals surface area contributed by atoms with E-state index >= 15 is 0 Å². The van der Waals surface area contributed by atoms with Crippen LogP contribution >= 0.6 is 0 Å². The molecule has 2 aliphatic rings. The highest BCUT2D eigenvalue weighted by molar-refractivity contribution is 5.55. The monoisotopic (exact) mass is 276 g/mol. The highest BCUT2D eigenvalue weighted by Gasteiger charge is 2.27. The van der Waals surface area contributed by atoms with Crippen molar-refractivity contribution < 1.29 is 4.39 Å². The maximum absolute atomic E-state index is 14.2. The zero-order chi connectivity index (χ0) is 14.1. The SMILES string of the molecule is CC(C)C1CCN(c2cccc(F)c2CNC2CC2)C1. The lowest BCUT2D eigenvalue weighted by Gasteiger charge is -2.23. The predicted molar refractivity (Wildman–Crippen MR) is 81.4 cm³/mol. The van der Waals surface area contributed by atoms with Gasteiger partial charge in [-0.1, -0.05) is 19.9 Å². The summed E-state index contributed by atoms with van der Waals surface area (Å²) in [5, 5.41) is 3.44. The van der Waals surface area contributed by atoms with E-state index in [1.54, 1.807) is 6.07 Å². The molecule has 3 heteroatoms. The maximum Gasteiger partial charge on any atom is 0.129 e. The zero-order valence-corrected chi connectivity index (χ0v) is 12.5. The highest BCUT2D eigenvalue weighted by atomic mass is 19.1. The fourth-order valence-electron chi connectivity index (χ4n) is 3.10. The smallest absolute Gasteiger partial charge is 0.129 e. The Balaban J connectivity index is 1.76. The molecule has 0 spiro atoms. The fourth-order valence-corrected chi connectivity index (χ4v) is 3.10. The molecule has 0 aromatic heterocycles. The minimum Gasteiger partial charge on any atom is -0.371 e. The van der Waals surface area contributed by atoms with Crippen molar-refractivity contribution in [2.24, 2.45) is 11.8 Å². The molecule has 20 heavy (non-hydrogen) atoms. The first-order chi connectivity index (χ1) is 9.65. The van der Waals surface area contributed by atoms with Crippen molar-refractivity contribution in [3.63, 3.8) is 0 Å². The Morgan fingerprint density at radius 1 is 1.30 bits per heavy atom. The maximum atomic E-state index is 14.2. The van der Waals surface area contributed by atoms with Gasteiger partial charge in [0, 0.05) is 36.9 Å². The first-order valence-corrected chi connectivity index (χ1v) is 7.91. The summed E-state index contributed by atoms with van der Waals surface area (Å²) in [6.07, 6.45) is 3.70. The summed E-state index contributed by atoms with van der Waals surface area (Å²) in [5.74, 6) is 1.38. The van der Waals surface area contributed by atoms with Crippen molar-refractivity contribution in [2.75, 3.05) is 18.0 Å². The van der Waals surface area contributed by atoms with Gasteiger partial charge in [0.1, 0.15) is 5.82 Å². The standard InChI is InChI=1S/C17H25FN2/c1-12(2)13-8-9-20(11-13)17-5-3-4-16(18)15(17)10-19-14-6-7-14/h3-5,12-14,19H,6-11H2,1-2H3. The van der Waals surface area contributed by atoms with Crippen LogP contribution in [0.1, 0.15) is 38.7 Å². The van der Waals surface area contributed by atoms with Gasteiger partial charge in [-0.25, -0.2) is 4.39 Å². The van der Waals surface area contributed by atoms with Crippen molar-refractivity contribution >= 4 is 5.69 Å². The second-order valence-corrected chi connectivity index (χ2v) is 6.63. The number of rotatable bonds is 5. The summed E-state index contributed by atoms with van der Waals surface area (Å²) in [5.41, 5.74) is 1.95. The summed E-state index contributed by atoms with van der Waals surface area (Å²) >= 11 is 0. The van der Waals surface area contributed by atoms with Crippen molar-refractivity contribution in [3.05, 3.63) is 29.6 Å². The van der Waals surface area contributed by atoms with Gasteiger partial charge in [0.15, 0.2) is 0 Å². The lowest BCUT2D eigenvalue weighted by molar-refractivity contribution is 0.422. The molecule has 1 N–H and O–H groups in total. The van der Waals surface area contributed by atoms with Gasteiger partial charge < -0.3 is 10.2 Å². The van der Waals surface area contributed by atoms with Crippen LogP contribution in [-0.2, 0) is 6.54 Å². The third-order valence-electron chi connectivity index (χ3n) is 4.75. The number of benzene rings is 1. The number of hydrogen-bond acceptors (Lipinski definition) is 2. The Hall–Kier alpha value is -1.09. The zero-order valence-electron chi connectivity index (χ0n) is 12.5. The lowest BCUT2D eigenvalue weighted by Crippen LogP contribution is -2.25. The summed E-state index contributed by atoms with van der Waals surface area (Å²) in [6.45, 7) is 7.36. The Bertz CT molecular complexity index is 468. The Kier molecular flexibility index (Phi) is 3.97. The molecule has 2 nitrogen and oxygen atoms in total. The first kappa shape index (κ1) is 13.9. The van der Waals surface area contributed by atoms with Crippen LogP contribution in [0, 0.1) is 17.7 Å². The quantitative estimate of drug-likeness (QED) is 0.884. The third-order valence-corrected chi connectivity index (χ3v) is 4.75. The van der Waals surface area contributed by atoms with Gasteiger partial charge in [0.2, 0.25) is 0 Å². The Labute approximate surface area is 121 Å². The third kappa shape index (κ3) is 2.98. The molecule has 0 bridgehead atoms. The van der Waals surface area contributed by atoms with Gasteiger partial charge in [-0.3, -0.25) is 0 Å². The van der Waals surface area contributed by atoms with E-state index < -0.39 is 0 Å². The van der Waals surface area contributed by atoms with Crippen LogP contribution < -0.4 is 10.2 Å². The summed E-state index contributed by atoms with van der Waals surface area (Å²) < 4.78 is 14.2. The molecule has 3 rings (SSSR count). The van der Waals surface area contributed by atoms with Crippen LogP contribution in [0.25, 0.3) is 0 Å². The molecule has 1 heterocycles. The lowest BCUT2D eigenvalue weighted by atomic mass is 9.95. The molecule has 1 aromatic rings. The van der Waals surface area contributed by atoms with E-state index in [9.17, 15) is 4.39 Å². The molecule has 0 radical (unpaired) electrons. The van der Waals surface area contributed by atoms with E-state index in [0.717, 1.165) is 30.3 Å². The van der Waals surface area contributed by atoms with E-state index in [1.807, 2.05) is 6.07 Å². The minimum atomic E-state index is -0.0661. The summed E-state index contributed by atoms with van der Waals surface area (Å²) in [7, 11) is 0. The molecule has 1 unspecified atom stereocenters. The number of hydrogen-bond donors (Lipinski definition) is 1. The molecular formula is C17H25FN2. The van der Waals surface area contributed by atoms with Crippen LogP contribution in [0.15, 0.2) is 18.2 Å². The second-order valence-electron chi connectivity index (χ2n) is 6.63. The van der Waals surface area contributed by atoms with E-state index in [4.69, 9.17) is 0 Å². The number of halogens is 1. The second kappa shape index (κ2) is 5.72. The summed E-state index contributed by atoms with van der Waals surface area (Å²) in [6, 6.07) is 6.12. The van der Waals surface area contributed by atoms with Gasteiger partial charge in [0.05, 0.1) is 0 Å². The van der Waals surface area contributed by atoms with Crippen LogP contribution in [0.5, 0.6) is 0 Å². The predicted octanol–water partition coefficient (Wildman–Crippen LogP) is 3.56. The average molecular weight is 276 g/mol. The van der Waals surface area contributed by atoms with Gasteiger partial charge in [-0.15, -0.1) is 0 Å². The van der Waals surface area contributed by atoms with Crippen LogP contribution in [0.4, 0.5) is 10.1 Å². The van der Waals surface area contributed by atoms with Gasteiger partial charge >= 0.3 is 0 Å². The normalized spacial score (nSPS) is 22.8. The molecular weight excluding hydrogens is 251 g/mol. The van der Waals surface area contributed by atoms with Crippen molar-refractivity contribution in [1.29, 1.82) is 0 Å². The molecule has 1 saturated heterocycles. The topological polar surface area (TPSA) is 15.3 Å². The van der Waals surface area contributed by atoms with Gasteiger partial charge in [-0.2, -0.15) is 0 Å². The minimum absolute atomic E-state index is 0.0661. The molecule has 0 amide bonds. The van der Waals surface area contributed by atoms with Crippen LogP contribution in [-0.4, -0.2) is 19.1 Å². The molecule has 1 aliphatic carbocycles. The number of nitrogens with one attached hydrogen (secondary N) is 1. The number of anilines is 1. The largest absolute Gasteiger partial charge is 0.371 e. The van der Waals surface area contributed by atoms with Crippen molar-refractivity contribution in [2.45, 2.75) is 45.7 Å². The fraction of sp³-hybridized carbons (Fsp3) is 0.647. The van der Waals surface area contributed by atoms with Crippen molar-refractivity contribution in [1.82, 2.24) is 5.32 Å². The Morgan fingerprint density at radius 2 is 2.10 bits per heavy atom. The van der Waals surface area contributed by atoms with E-state index in [1.165, 1.54) is 19.3 Å². The molecule has 2 fully saturated rings. The summed E-state index contributed by atoms with van der Waals surface area (Å²) in [4.78, 5) is 2.37. The molecule has 1 atom stereocenters.